The summed E-state index contributed by atoms with van der Waals surface area (Å²) in [5.41, 5.74) is 2.81. The van der Waals surface area contributed by atoms with Crippen molar-refractivity contribution in [3.8, 4) is 5.75 Å². The van der Waals surface area contributed by atoms with Gasteiger partial charge < -0.3 is 9.30 Å². The van der Waals surface area contributed by atoms with Crippen molar-refractivity contribution in [2.45, 2.75) is 32.7 Å². The van der Waals surface area contributed by atoms with E-state index >= 15 is 0 Å². The summed E-state index contributed by atoms with van der Waals surface area (Å²) in [5.74, 6) is -0.216. The van der Waals surface area contributed by atoms with E-state index in [2.05, 4.69) is 9.73 Å². The Labute approximate surface area is 172 Å². The topological polar surface area (TPSA) is 26.5 Å². The minimum absolute atomic E-state index is 0.216. The lowest BCUT2D eigenvalue weighted by atomic mass is 10.0. The third kappa shape index (κ3) is 6.39. The largest absolute Gasteiger partial charge is 0.573 e. The van der Waals surface area contributed by atoms with Gasteiger partial charge in [-0.3, -0.25) is 0 Å². The van der Waals surface area contributed by atoms with E-state index in [1.54, 1.807) is 12.1 Å². The number of halogens is 4. The third-order valence-corrected chi connectivity index (χ3v) is 4.62. The second-order valence-electron chi connectivity index (χ2n) is 6.48. The van der Waals surface area contributed by atoms with Crippen LogP contribution in [0, 0.1) is 0 Å². The first-order chi connectivity index (χ1) is 13.8. The van der Waals surface area contributed by atoms with Crippen molar-refractivity contribution in [2.24, 2.45) is 4.99 Å². The lowest BCUT2D eigenvalue weighted by molar-refractivity contribution is -0.274. The van der Waals surface area contributed by atoms with Gasteiger partial charge in [0.05, 0.1) is 16.1 Å². The van der Waals surface area contributed by atoms with E-state index in [4.69, 9.17) is 11.6 Å². The predicted molar refractivity (Wildman–Crippen MR) is 107 cm³/mol. The molecule has 0 saturated heterocycles. The molecule has 0 N–H and O–H groups in total. The number of benzene rings is 2. The van der Waals surface area contributed by atoms with Crippen LogP contribution in [0.5, 0.6) is 5.75 Å². The minimum Gasteiger partial charge on any atom is -0.406 e. The molecule has 2 aromatic carbocycles. The lowest BCUT2D eigenvalue weighted by Crippen LogP contribution is -2.17. The van der Waals surface area contributed by atoms with E-state index in [1.165, 1.54) is 12.1 Å². The minimum atomic E-state index is -4.68. The molecule has 0 atom stereocenters. The van der Waals surface area contributed by atoms with Crippen LogP contribution in [0.3, 0.4) is 0 Å². The zero-order valence-corrected chi connectivity index (χ0v) is 16.5. The van der Waals surface area contributed by atoms with Crippen molar-refractivity contribution in [3.05, 3.63) is 88.5 Å². The number of aryl methyl sites for hydroxylation is 3. The van der Waals surface area contributed by atoms with Gasteiger partial charge in [-0.1, -0.05) is 35.9 Å². The van der Waals surface area contributed by atoms with Gasteiger partial charge in [-0.15, -0.1) is 13.2 Å². The van der Waals surface area contributed by atoms with Crippen molar-refractivity contribution in [1.29, 1.82) is 0 Å². The summed E-state index contributed by atoms with van der Waals surface area (Å²) in [6, 6.07) is 15.6. The number of rotatable bonds is 6. The van der Waals surface area contributed by atoms with Gasteiger partial charge in [0.1, 0.15) is 5.75 Å². The summed E-state index contributed by atoms with van der Waals surface area (Å²) in [6.45, 7) is 2.87. The highest BCUT2D eigenvalue weighted by Gasteiger charge is 2.30. The fraction of sp³-hybridized carbons (Fsp3) is 0.227. The fourth-order valence-electron chi connectivity index (χ4n) is 2.86. The molecule has 0 amide bonds. The quantitative estimate of drug-likeness (QED) is 0.474. The van der Waals surface area contributed by atoms with E-state index in [0.717, 1.165) is 29.8 Å². The Morgan fingerprint density at radius 3 is 2.38 bits per heavy atom. The van der Waals surface area contributed by atoms with Crippen molar-refractivity contribution in [2.75, 3.05) is 0 Å². The molecule has 3 aromatic rings. The molecule has 3 nitrogen and oxygen atoms in total. The van der Waals surface area contributed by atoms with E-state index in [0.29, 0.717) is 16.8 Å². The molecule has 0 aliphatic carbocycles. The van der Waals surface area contributed by atoms with Crippen LogP contribution in [0.2, 0.25) is 5.02 Å². The van der Waals surface area contributed by atoms with Gasteiger partial charge in [0.2, 0.25) is 0 Å². The van der Waals surface area contributed by atoms with Crippen LogP contribution in [0.1, 0.15) is 18.1 Å². The molecule has 0 radical (unpaired) electrons. The first-order valence-corrected chi connectivity index (χ1v) is 9.54. The van der Waals surface area contributed by atoms with E-state index in [1.807, 2.05) is 54.2 Å². The summed E-state index contributed by atoms with van der Waals surface area (Å²) < 4.78 is 42.5. The molecule has 3 rings (SSSR count). The molecule has 0 aliphatic heterocycles. The van der Waals surface area contributed by atoms with Crippen LogP contribution in [0.4, 0.5) is 18.9 Å². The Morgan fingerprint density at radius 1 is 1.00 bits per heavy atom. The highest BCUT2D eigenvalue weighted by Crippen LogP contribution is 2.23. The van der Waals surface area contributed by atoms with Crippen LogP contribution < -0.4 is 10.1 Å². The van der Waals surface area contributed by atoms with Crippen molar-refractivity contribution in [1.82, 2.24) is 4.57 Å². The average molecular weight is 421 g/mol. The number of alkyl halides is 3. The van der Waals surface area contributed by atoms with E-state index in [9.17, 15) is 13.2 Å². The Morgan fingerprint density at radius 2 is 1.72 bits per heavy atom. The first kappa shape index (κ1) is 21.0. The van der Waals surface area contributed by atoms with Crippen LogP contribution >= 0.6 is 11.6 Å². The highest BCUT2D eigenvalue weighted by molar-refractivity contribution is 6.30. The van der Waals surface area contributed by atoms with Gasteiger partial charge in [-0.2, -0.15) is 0 Å². The third-order valence-electron chi connectivity index (χ3n) is 4.33. The maximum absolute atomic E-state index is 12.2. The van der Waals surface area contributed by atoms with Crippen molar-refractivity contribution in [3.63, 3.8) is 0 Å². The molecular weight excluding hydrogens is 401 g/mol. The summed E-state index contributed by atoms with van der Waals surface area (Å²) >= 11 is 6.30. The van der Waals surface area contributed by atoms with Crippen molar-refractivity contribution < 1.29 is 17.9 Å². The molecule has 7 heteroatoms. The maximum atomic E-state index is 12.2. The zero-order valence-electron chi connectivity index (χ0n) is 15.8. The van der Waals surface area contributed by atoms with E-state index in [-0.39, 0.29) is 5.75 Å². The molecule has 0 spiro atoms. The summed E-state index contributed by atoms with van der Waals surface area (Å²) in [4.78, 5) is 4.61. The van der Waals surface area contributed by atoms with Gasteiger partial charge in [-0.05, 0) is 61.2 Å². The average Bonchev–Trinajstić information content (AvgIpc) is 2.68. The first-order valence-electron chi connectivity index (χ1n) is 9.16. The molecule has 152 valence electrons. The van der Waals surface area contributed by atoms with Crippen LogP contribution in [0.15, 0.2) is 72.0 Å². The molecule has 1 heterocycles. The Kier molecular flexibility index (Phi) is 6.64. The lowest BCUT2D eigenvalue weighted by Gasteiger charge is -2.09. The molecule has 0 unspecified atom stereocenters. The highest BCUT2D eigenvalue weighted by atomic mass is 35.5. The van der Waals surface area contributed by atoms with Gasteiger partial charge in [-0.25, -0.2) is 4.99 Å². The smallest absolute Gasteiger partial charge is 0.406 e. The zero-order chi connectivity index (χ0) is 20.9. The number of hydrogen-bond donors (Lipinski definition) is 0. The standard InChI is InChI=1S/C22H20ClF3N2O/c1-2-28-13-12-21(20(23)15-28)27-18-5-3-4-17(14-18)7-6-16-8-10-19(11-9-16)29-22(24,25)26/h3-5,8-15H,2,6-7H2,1H3. The monoisotopic (exact) mass is 420 g/mol. The number of pyridine rings is 1. The molecular formula is C22H20ClF3N2O. The second-order valence-corrected chi connectivity index (χ2v) is 6.89. The SMILES string of the molecule is CCn1ccc(=Nc2cccc(CCc3ccc(OC(F)(F)F)cc3)c2)c(Cl)c1. The molecule has 0 aliphatic rings. The number of aromatic nitrogens is 1. The molecule has 0 saturated carbocycles. The summed E-state index contributed by atoms with van der Waals surface area (Å²) in [7, 11) is 0. The molecule has 1 aromatic heterocycles. The number of hydrogen-bond acceptors (Lipinski definition) is 2. The van der Waals surface area contributed by atoms with Gasteiger partial charge in [0.15, 0.2) is 0 Å². The summed E-state index contributed by atoms with van der Waals surface area (Å²) in [6.07, 6.45) is 0.528. The van der Waals surface area contributed by atoms with Gasteiger partial charge in [0, 0.05) is 18.9 Å². The Bertz CT molecular complexity index is 1030. The number of nitrogens with zero attached hydrogens (tertiary/aromatic N) is 2. The predicted octanol–water partition coefficient (Wildman–Crippen LogP) is 6.08. The molecule has 0 fully saturated rings. The Hall–Kier alpha value is -2.73. The summed E-state index contributed by atoms with van der Waals surface area (Å²) in [5, 5.41) is 1.29. The van der Waals surface area contributed by atoms with E-state index < -0.39 is 6.36 Å². The number of ether oxygens (including phenoxy) is 1. The molecule has 0 bridgehead atoms. The maximum Gasteiger partial charge on any atom is 0.573 e. The van der Waals surface area contributed by atoms with Crippen LogP contribution in [-0.4, -0.2) is 10.9 Å². The molecule has 29 heavy (non-hydrogen) atoms. The fourth-order valence-corrected chi connectivity index (χ4v) is 3.09. The Balaban J connectivity index is 1.68. The van der Waals surface area contributed by atoms with Gasteiger partial charge in [0.25, 0.3) is 0 Å². The normalized spacial score (nSPS) is 12.2. The second kappa shape index (κ2) is 9.18. The van der Waals surface area contributed by atoms with Crippen LogP contribution in [0.25, 0.3) is 0 Å². The van der Waals surface area contributed by atoms with Gasteiger partial charge >= 0.3 is 6.36 Å². The van der Waals surface area contributed by atoms with Crippen molar-refractivity contribution >= 4 is 17.3 Å². The van der Waals surface area contributed by atoms with Crippen LogP contribution in [-0.2, 0) is 19.4 Å².